The second kappa shape index (κ2) is 7.21. The number of nitrogens with one attached hydrogen (secondary N) is 3. The number of hydrogen-bond donors (Lipinski definition) is 3. The number of sulfonamides is 1. The third kappa shape index (κ3) is 4.51. The van der Waals surface area contributed by atoms with Crippen LogP contribution in [0.2, 0.25) is 0 Å². The zero-order chi connectivity index (χ0) is 16.9. The van der Waals surface area contributed by atoms with Crippen LogP contribution < -0.4 is 15.4 Å². The standard InChI is InChI=1S/C15H15N3O3S2/c1-16-15(22)17-12-7-9-13(10-8-12)23(20,21)18-14(19)11-5-3-2-4-6-11/h2-10H,1H3,(H,18,19)(H2,16,17,22). The normalized spacial score (nSPS) is 10.7. The number of hydrogen-bond acceptors (Lipinski definition) is 4. The van der Waals surface area contributed by atoms with Gasteiger partial charge in [-0.25, -0.2) is 13.1 Å². The molecule has 0 aliphatic carbocycles. The predicted molar refractivity (Wildman–Crippen MR) is 92.8 cm³/mol. The van der Waals surface area contributed by atoms with E-state index in [1.54, 1.807) is 37.4 Å². The third-order valence-corrected chi connectivity index (χ3v) is 4.57. The highest BCUT2D eigenvalue weighted by Gasteiger charge is 2.18. The lowest BCUT2D eigenvalue weighted by atomic mass is 10.2. The van der Waals surface area contributed by atoms with Crippen molar-refractivity contribution < 1.29 is 13.2 Å². The summed E-state index contributed by atoms with van der Waals surface area (Å²) in [4.78, 5) is 11.9. The fraction of sp³-hybridized carbons (Fsp3) is 0.0667. The molecule has 0 saturated carbocycles. The first-order valence-corrected chi connectivity index (χ1v) is 8.52. The van der Waals surface area contributed by atoms with E-state index >= 15 is 0 Å². The van der Waals surface area contributed by atoms with Crippen LogP contribution in [-0.2, 0) is 10.0 Å². The Balaban J connectivity index is 2.13. The van der Waals surface area contributed by atoms with Crippen molar-refractivity contribution in [3.63, 3.8) is 0 Å². The van der Waals surface area contributed by atoms with E-state index in [0.29, 0.717) is 10.8 Å². The van der Waals surface area contributed by atoms with Crippen molar-refractivity contribution in [1.82, 2.24) is 10.0 Å². The summed E-state index contributed by atoms with van der Waals surface area (Å²) in [5.41, 5.74) is 0.909. The Morgan fingerprint density at radius 2 is 1.61 bits per heavy atom. The first kappa shape index (κ1) is 16.9. The third-order valence-electron chi connectivity index (χ3n) is 2.91. The summed E-state index contributed by atoms with van der Waals surface area (Å²) >= 11 is 4.96. The van der Waals surface area contributed by atoms with Crippen LogP contribution in [-0.4, -0.2) is 26.5 Å². The molecule has 0 aromatic heterocycles. The summed E-state index contributed by atoms with van der Waals surface area (Å²) in [6.07, 6.45) is 0. The molecule has 0 saturated heterocycles. The van der Waals surface area contributed by atoms with Crippen LogP contribution in [0.25, 0.3) is 0 Å². The van der Waals surface area contributed by atoms with E-state index in [1.165, 1.54) is 24.3 Å². The fourth-order valence-electron chi connectivity index (χ4n) is 1.74. The van der Waals surface area contributed by atoms with E-state index < -0.39 is 15.9 Å². The molecule has 0 atom stereocenters. The Labute approximate surface area is 140 Å². The van der Waals surface area contributed by atoms with Gasteiger partial charge in [-0.1, -0.05) is 18.2 Å². The van der Waals surface area contributed by atoms with E-state index in [2.05, 4.69) is 10.6 Å². The number of benzene rings is 2. The molecule has 3 N–H and O–H groups in total. The fourth-order valence-corrected chi connectivity index (χ4v) is 2.83. The van der Waals surface area contributed by atoms with Crippen LogP contribution in [0.1, 0.15) is 10.4 Å². The van der Waals surface area contributed by atoms with Gasteiger partial charge in [0.25, 0.3) is 15.9 Å². The topological polar surface area (TPSA) is 87.3 Å². The van der Waals surface area contributed by atoms with Gasteiger partial charge in [-0.3, -0.25) is 4.79 Å². The highest BCUT2D eigenvalue weighted by atomic mass is 32.2. The minimum atomic E-state index is -3.93. The van der Waals surface area contributed by atoms with Crippen LogP contribution in [0.15, 0.2) is 59.5 Å². The molecule has 0 heterocycles. The molecule has 0 aliphatic heterocycles. The summed E-state index contributed by atoms with van der Waals surface area (Å²) in [5.74, 6) is -0.677. The monoisotopic (exact) mass is 349 g/mol. The number of anilines is 1. The Hall–Kier alpha value is -2.45. The summed E-state index contributed by atoms with van der Waals surface area (Å²) in [5, 5.41) is 6.04. The molecule has 0 spiro atoms. The van der Waals surface area contributed by atoms with Gasteiger partial charge < -0.3 is 10.6 Å². The van der Waals surface area contributed by atoms with Crippen molar-refractivity contribution in [2.75, 3.05) is 12.4 Å². The first-order chi connectivity index (χ1) is 10.9. The van der Waals surface area contributed by atoms with Gasteiger partial charge in [0, 0.05) is 18.3 Å². The van der Waals surface area contributed by atoms with Gasteiger partial charge in [0.15, 0.2) is 5.11 Å². The lowest BCUT2D eigenvalue weighted by Crippen LogP contribution is -2.30. The van der Waals surface area contributed by atoms with Gasteiger partial charge >= 0.3 is 0 Å². The molecule has 0 unspecified atom stereocenters. The molecule has 8 heteroatoms. The van der Waals surface area contributed by atoms with Gasteiger partial charge in [-0.2, -0.15) is 0 Å². The predicted octanol–water partition coefficient (Wildman–Crippen LogP) is 1.72. The summed E-state index contributed by atoms with van der Waals surface area (Å²) in [6.45, 7) is 0. The Kier molecular flexibility index (Phi) is 5.30. The molecule has 0 aliphatic rings. The molecular weight excluding hydrogens is 334 g/mol. The van der Waals surface area contributed by atoms with Crippen LogP contribution in [0.5, 0.6) is 0 Å². The minimum absolute atomic E-state index is 0.0114. The molecule has 2 aromatic rings. The van der Waals surface area contributed by atoms with Gasteiger partial charge in [0.05, 0.1) is 4.90 Å². The highest BCUT2D eigenvalue weighted by molar-refractivity contribution is 7.90. The maximum atomic E-state index is 12.2. The van der Waals surface area contributed by atoms with Crippen LogP contribution >= 0.6 is 12.2 Å². The smallest absolute Gasteiger partial charge is 0.264 e. The quantitative estimate of drug-likeness (QED) is 0.729. The van der Waals surface area contributed by atoms with Gasteiger partial charge in [0.2, 0.25) is 0 Å². The van der Waals surface area contributed by atoms with Crippen LogP contribution in [0, 0.1) is 0 Å². The highest BCUT2D eigenvalue weighted by Crippen LogP contribution is 2.14. The minimum Gasteiger partial charge on any atom is -0.366 e. The van der Waals surface area contributed by atoms with E-state index in [-0.39, 0.29) is 10.5 Å². The summed E-state index contributed by atoms with van der Waals surface area (Å²) in [7, 11) is -2.26. The molecular formula is C15H15N3O3S2. The number of carbonyl (C=O) groups excluding carboxylic acids is 1. The average molecular weight is 349 g/mol. The number of rotatable bonds is 4. The molecule has 1 amide bonds. The molecule has 0 radical (unpaired) electrons. The molecule has 0 fully saturated rings. The number of carbonyl (C=O) groups is 1. The van der Waals surface area contributed by atoms with Crippen LogP contribution in [0.4, 0.5) is 5.69 Å². The lowest BCUT2D eigenvalue weighted by molar-refractivity contribution is 0.0981. The van der Waals surface area contributed by atoms with E-state index in [0.717, 1.165) is 0 Å². The number of amides is 1. The SMILES string of the molecule is CNC(=S)Nc1ccc(S(=O)(=O)NC(=O)c2ccccc2)cc1. The van der Waals surface area contributed by atoms with Crippen molar-refractivity contribution in [2.24, 2.45) is 0 Å². The largest absolute Gasteiger partial charge is 0.366 e. The zero-order valence-corrected chi connectivity index (χ0v) is 13.9. The second-order valence-corrected chi connectivity index (χ2v) is 6.62. The lowest BCUT2D eigenvalue weighted by Gasteiger charge is -2.09. The maximum Gasteiger partial charge on any atom is 0.264 e. The molecule has 120 valence electrons. The first-order valence-electron chi connectivity index (χ1n) is 6.63. The van der Waals surface area contributed by atoms with Crippen molar-refractivity contribution in [2.45, 2.75) is 4.90 Å². The van der Waals surface area contributed by atoms with E-state index in [1.807, 2.05) is 4.72 Å². The van der Waals surface area contributed by atoms with Crippen molar-refractivity contribution in [3.8, 4) is 0 Å². The second-order valence-electron chi connectivity index (χ2n) is 4.53. The Morgan fingerprint density at radius 1 is 1.00 bits per heavy atom. The van der Waals surface area contributed by atoms with Crippen molar-refractivity contribution in [3.05, 3.63) is 60.2 Å². The van der Waals surface area contributed by atoms with Crippen LogP contribution in [0.3, 0.4) is 0 Å². The van der Waals surface area contributed by atoms with E-state index in [9.17, 15) is 13.2 Å². The molecule has 0 bridgehead atoms. The number of thiocarbonyl (C=S) groups is 1. The Bertz CT molecular complexity index is 804. The molecule has 2 rings (SSSR count). The van der Waals surface area contributed by atoms with Crippen molar-refractivity contribution in [1.29, 1.82) is 0 Å². The zero-order valence-electron chi connectivity index (χ0n) is 12.2. The Morgan fingerprint density at radius 3 is 2.17 bits per heavy atom. The van der Waals surface area contributed by atoms with Gasteiger partial charge in [-0.15, -0.1) is 0 Å². The van der Waals surface area contributed by atoms with E-state index in [4.69, 9.17) is 12.2 Å². The maximum absolute atomic E-state index is 12.2. The average Bonchev–Trinajstić information content (AvgIpc) is 2.55. The van der Waals surface area contributed by atoms with Gasteiger partial charge in [-0.05, 0) is 48.6 Å². The molecule has 6 nitrogen and oxygen atoms in total. The summed E-state index contributed by atoms with van der Waals surface area (Å²) < 4.78 is 26.5. The molecule has 2 aromatic carbocycles. The summed E-state index contributed by atoms with van der Waals surface area (Å²) in [6, 6.07) is 14.0. The molecule has 23 heavy (non-hydrogen) atoms. The van der Waals surface area contributed by atoms with Gasteiger partial charge in [0.1, 0.15) is 0 Å². The van der Waals surface area contributed by atoms with Crippen molar-refractivity contribution >= 4 is 38.9 Å².